The molecule has 0 N–H and O–H groups in total. The Morgan fingerprint density at radius 3 is 2.88 bits per heavy atom. The van der Waals surface area contributed by atoms with Crippen LogP contribution in [0.1, 0.15) is 41.4 Å². The highest BCUT2D eigenvalue weighted by atomic mass is 32.1. The molecule has 3 rings (SSSR count). The Bertz CT molecular complexity index is 707. The molecule has 1 amide bonds. The smallest absolute Gasteiger partial charge is 0.236 e. The number of carbonyl (C=O) groups is 1. The summed E-state index contributed by atoms with van der Waals surface area (Å²) in [5.74, 6) is 0.187. The van der Waals surface area contributed by atoms with E-state index in [0.29, 0.717) is 19.1 Å². The van der Waals surface area contributed by atoms with E-state index in [9.17, 15) is 4.79 Å². The minimum Gasteiger partial charge on any atom is -0.340 e. The van der Waals surface area contributed by atoms with Gasteiger partial charge in [0.05, 0.1) is 12.2 Å². The van der Waals surface area contributed by atoms with E-state index in [4.69, 9.17) is 0 Å². The lowest BCUT2D eigenvalue weighted by atomic mass is 10.0. The molecule has 1 saturated heterocycles. The van der Waals surface area contributed by atoms with E-state index in [1.54, 1.807) is 11.3 Å². The van der Waals surface area contributed by atoms with Gasteiger partial charge in [-0.2, -0.15) is 16.4 Å². The molecule has 0 bridgehead atoms. The van der Waals surface area contributed by atoms with Crippen molar-refractivity contribution in [2.75, 3.05) is 20.1 Å². The third kappa shape index (κ3) is 3.39. The van der Waals surface area contributed by atoms with E-state index in [-0.39, 0.29) is 5.91 Å². The van der Waals surface area contributed by atoms with Gasteiger partial charge in [0.2, 0.25) is 5.91 Å². The van der Waals surface area contributed by atoms with Gasteiger partial charge >= 0.3 is 0 Å². The van der Waals surface area contributed by atoms with Crippen LogP contribution in [0.2, 0.25) is 0 Å². The van der Waals surface area contributed by atoms with Crippen LogP contribution in [0.3, 0.4) is 0 Å². The minimum atomic E-state index is 0.187. The number of likely N-dealkylation sites (tertiary alicyclic amines) is 1. The van der Waals surface area contributed by atoms with E-state index in [0.717, 1.165) is 25.1 Å². The molecule has 0 radical (unpaired) electrons. The van der Waals surface area contributed by atoms with Crippen LogP contribution in [-0.4, -0.2) is 45.6 Å². The Morgan fingerprint density at radius 2 is 2.25 bits per heavy atom. The van der Waals surface area contributed by atoms with Gasteiger partial charge in [0.25, 0.3) is 0 Å². The normalized spacial score (nSPS) is 18.2. The van der Waals surface area contributed by atoms with Gasteiger partial charge in [-0.05, 0) is 55.6 Å². The maximum absolute atomic E-state index is 12.6. The van der Waals surface area contributed by atoms with Gasteiger partial charge in [-0.25, -0.2) is 0 Å². The fourth-order valence-corrected chi connectivity index (χ4v) is 4.31. The van der Waals surface area contributed by atoms with Gasteiger partial charge in [0, 0.05) is 37.9 Å². The number of thiophene rings is 1. The zero-order chi connectivity index (χ0) is 17.3. The summed E-state index contributed by atoms with van der Waals surface area (Å²) in [4.78, 5) is 16.8. The first-order chi connectivity index (χ1) is 11.5. The number of carbonyl (C=O) groups excluding carboxylic acids is 1. The van der Waals surface area contributed by atoms with Gasteiger partial charge in [-0.3, -0.25) is 14.4 Å². The van der Waals surface area contributed by atoms with Crippen molar-refractivity contribution < 1.29 is 4.79 Å². The van der Waals surface area contributed by atoms with Crippen molar-refractivity contribution in [1.82, 2.24) is 19.6 Å². The maximum atomic E-state index is 12.6. The lowest BCUT2D eigenvalue weighted by Gasteiger charge is -2.27. The number of amides is 1. The topological polar surface area (TPSA) is 41.4 Å². The number of hydrogen-bond acceptors (Lipinski definition) is 4. The first-order valence-corrected chi connectivity index (χ1v) is 9.41. The van der Waals surface area contributed by atoms with Gasteiger partial charge < -0.3 is 4.90 Å². The van der Waals surface area contributed by atoms with E-state index < -0.39 is 0 Å². The van der Waals surface area contributed by atoms with Crippen molar-refractivity contribution in [3.05, 3.63) is 39.3 Å². The summed E-state index contributed by atoms with van der Waals surface area (Å²) in [5.41, 5.74) is 4.81. The van der Waals surface area contributed by atoms with Crippen LogP contribution in [0.15, 0.2) is 16.8 Å². The molecule has 0 spiro atoms. The second kappa shape index (κ2) is 7.07. The molecule has 1 aliphatic rings. The van der Waals surface area contributed by atoms with Crippen molar-refractivity contribution in [2.45, 2.75) is 39.3 Å². The van der Waals surface area contributed by atoms with Crippen LogP contribution < -0.4 is 0 Å². The molecule has 0 unspecified atom stereocenters. The Morgan fingerprint density at radius 1 is 1.46 bits per heavy atom. The van der Waals surface area contributed by atoms with Crippen molar-refractivity contribution in [1.29, 1.82) is 0 Å². The largest absolute Gasteiger partial charge is 0.340 e. The van der Waals surface area contributed by atoms with Crippen LogP contribution in [0.25, 0.3) is 0 Å². The van der Waals surface area contributed by atoms with Gasteiger partial charge in [0.15, 0.2) is 0 Å². The van der Waals surface area contributed by atoms with E-state index in [1.807, 2.05) is 23.7 Å². The fraction of sp³-hybridized carbons (Fsp3) is 0.556. The summed E-state index contributed by atoms with van der Waals surface area (Å²) >= 11 is 1.67. The molecule has 0 aromatic carbocycles. The number of likely N-dealkylation sites (N-methyl/N-ethyl adjacent to an activating group) is 1. The lowest BCUT2D eigenvalue weighted by Crippen LogP contribution is -2.38. The summed E-state index contributed by atoms with van der Waals surface area (Å²) in [7, 11) is 3.89. The van der Waals surface area contributed by atoms with Gasteiger partial charge in [-0.15, -0.1) is 0 Å². The summed E-state index contributed by atoms with van der Waals surface area (Å²) in [6.45, 7) is 6.35. The SMILES string of the molecule is Cc1nn(C)c(C)c1[C@@H]1CCCN1CC(=O)N(C)Cc1ccsc1. The molecular weight excluding hydrogens is 320 g/mol. The average molecular weight is 346 g/mol. The van der Waals surface area contributed by atoms with Crippen LogP contribution in [0, 0.1) is 13.8 Å². The summed E-state index contributed by atoms with van der Waals surface area (Å²) in [6.07, 6.45) is 2.24. The quantitative estimate of drug-likeness (QED) is 0.836. The Hall–Kier alpha value is -1.66. The second-order valence-electron chi connectivity index (χ2n) is 6.72. The summed E-state index contributed by atoms with van der Waals surface area (Å²) < 4.78 is 1.95. The van der Waals surface area contributed by atoms with Crippen molar-refractivity contribution >= 4 is 17.2 Å². The zero-order valence-electron chi connectivity index (χ0n) is 15.0. The van der Waals surface area contributed by atoms with E-state index in [2.05, 4.69) is 40.7 Å². The third-order valence-electron chi connectivity index (χ3n) is 5.03. The number of rotatable bonds is 5. The van der Waals surface area contributed by atoms with Crippen molar-refractivity contribution in [3.63, 3.8) is 0 Å². The Kier molecular flexibility index (Phi) is 5.06. The second-order valence-corrected chi connectivity index (χ2v) is 7.50. The Labute approximate surface area is 147 Å². The third-order valence-corrected chi connectivity index (χ3v) is 5.76. The van der Waals surface area contributed by atoms with Crippen LogP contribution in [0.5, 0.6) is 0 Å². The highest BCUT2D eigenvalue weighted by Gasteiger charge is 2.32. The molecule has 1 fully saturated rings. The average Bonchev–Trinajstić information content (AvgIpc) is 3.23. The molecule has 24 heavy (non-hydrogen) atoms. The standard InChI is InChI=1S/C18H26N4OS/c1-13-18(14(2)21(4)19-13)16-6-5-8-22(16)11-17(23)20(3)10-15-7-9-24-12-15/h7,9,12,16H,5-6,8,10-11H2,1-4H3/t16-/m0/s1. The molecule has 1 aliphatic heterocycles. The first-order valence-electron chi connectivity index (χ1n) is 8.46. The predicted molar refractivity (Wildman–Crippen MR) is 97.0 cm³/mol. The number of aryl methyl sites for hydroxylation is 2. The van der Waals surface area contributed by atoms with Crippen LogP contribution >= 0.6 is 11.3 Å². The Balaban J connectivity index is 1.68. The van der Waals surface area contributed by atoms with Crippen molar-refractivity contribution in [3.8, 4) is 0 Å². The molecule has 0 saturated carbocycles. The summed E-state index contributed by atoms with van der Waals surface area (Å²) in [6, 6.07) is 2.40. The summed E-state index contributed by atoms with van der Waals surface area (Å²) in [5, 5.41) is 8.71. The molecule has 130 valence electrons. The highest BCUT2D eigenvalue weighted by Crippen LogP contribution is 2.35. The first kappa shape index (κ1) is 17.2. The van der Waals surface area contributed by atoms with Crippen LogP contribution in [0.4, 0.5) is 0 Å². The van der Waals surface area contributed by atoms with Crippen molar-refractivity contribution in [2.24, 2.45) is 7.05 Å². The molecule has 0 aliphatic carbocycles. The number of aromatic nitrogens is 2. The zero-order valence-corrected chi connectivity index (χ0v) is 15.8. The van der Waals surface area contributed by atoms with E-state index in [1.165, 1.54) is 16.8 Å². The maximum Gasteiger partial charge on any atom is 0.236 e. The number of hydrogen-bond donors (Lipinski definition) is 0. The van der Waals surface area contributed by atoms with E-state index >= 15 is 0 Å². The van der Waals surface area contributed by atoms with Crippen LogP contribution in [-0.2, 0) is 18.4 Å². The highest BCUT2D eigenvalue weighted by molar-refractivity contribution is 7.07. The van der Waals surface area contributed by atoms with Gasteiger partial charge in [0.1, 0.15) is 0 Å². The molecule has 2 aromatic heterocycles. The molecule has 6 heteroatoms. The monoisotopic (exact) mass is 346 g/mol. The lowest BCUT2D eigenvalue weighted by molar-refractivity contribution is -0.131. The minimum absolute atomic E-state index is 0.187. The molecule has 2 aromatic rings. The molecular formula is C18H26N4OS. The molecule has 3 heterocycles. The molecule has 1 atom stereocenters. The molecule has 5 nitrogen and oxygen atoms in total. The number of nitrogens with zero attached hydrogens (tertiary/aromatic N) is 4. The van der Waals surface area contributed by atoms with Gasteiger partial charge in [-0.1, -0.05) is 0 Å². The predicted octanol–water partition coefficient (Wildman–Crippen LogP) is 2.89. The fourth-order valence-electron chi connectivity index (χ4n) is 3.65.